The number of hydrogen-bond acceptors (Lipinski definition) is 2. The van der Waals surface area contributed by atoms with Crippen molar-refractivity contribution in [3.63, 3.8) is 0 Å². The Hall–Kier alpha value is -1.96. The topological polar surface area (TPSA) is 6.48 Å². The second-order valence-electron chi connectivity index (χ2n) is 5.66. The number of aryl methyl sites for hydroxylation is 1. The standard InChI is InChI=1S/C17H20N2/c1-13-9-5-6-10-14(13)19-16-12-8-7-11-15(16)18(4)17(19,2)3/h5-12H,1-4H3. The van der Waals surface area contributed by atoms with Crippen LogP contribution in [0.25, 0.3) is 0 Å². The number of para-hydroxylation sites is 3. The van der Waals surface area contributed by atoms with Gasteiger partial charge in [-0.2, -0.15) is 0 Å². The van der Waals surface area contributed by atoms with E-state index in [0.717, 1.165) is 0 Å². The summed E-state index contributed by atoms with van der Waals surface area (Å²) in [6.07, 6.45) is 0. The summed E-state index contributed by atoms with van der Waals surface area (Å²) in [7, 11) is 2.16. The quantitative estimate of drug-likeness (QED) is 0.746. The van der Waals surface area contributed by atoms with Crippen molar-refractivity contribution >= 4 is 17.1 Å². The van der Waals surface area contributed by atoms with E-state index in [1.165, 1.54) is 22.6 Å². The van der Waals surface area contributed by atoms with Crippen LogP contribution in [-0.4, -0.2) is 12.7 Å². The van der Waals surface area contributed by atoms with E-state index in [2.05, 4.69) is 86.1 Å². The highest BCUT2D eigenvalue weighted by Gasteiger charge is 2.41. The van der Waals surface area contributed by atoms with Gasteiger partial charge < -0.3 is 9.80 Å². The molecule has 0 aromatic heterocycles. The van der Waals surface area contributed by atoms with Crippen LogP contribution in [0.2, 0.25) is 0 Å². The van der Waals surface area contributed by atoms with Gasteiger partial charge in [-0.15, -0.1) is 0 Å². The first-order valence-corrected chi connectivity index (χ1v) is 6.72. The van der Waals surface area contributed by atoms with Crippen LogP contribution in [0, 0.1) is 6.92 Å². The van der Waals surface area contributed by atoms with E-state index in [1.54, 1.807) is 0 Å². The summed E-state index contributed by atoms with van der Waals surface area (Å²) in [5, 5.41) is 0. The van der Waals surface area contributed by atoms with Crippen molar-refractivity contribution in [2.45, 2.75) is 26.4 Å². The zero-order chi connectivity index (χ0) is 13.6. The number of fused-ring (bicyclic) bond motifs is 1. The van der Waals surface area contributed by atoms with Gasteiger partial charge in [0.05, 0.1) is 11.4 Å². The molecule has 0 aliphatic carbocycles. The summed E-state index contributed by atoms with van der Waals surface area (Å²) in [6, 6.07) is 17.2. The third-order valence-corrected chi connectivity index (χ3v) is 4.21. The Morgan fingerprint density at radius 2 is 1.32 bits per heavy atom. The van der Waals surface area contributed by atoms with Crippen molar-refractivity contribution in [1.82, 2.24) is 0 Å². The molecular formula is C17H20N2. The van der Waals surface area contributed by atoms with Crippen LogP contribution >= 0.6 is 0 Å². The first-order valence-electron chi connectivity index (χ1n) is 6.72. The molecular weight excluding hydrogens is 232 g/mol. The van der Waals surface area contributed by atoms with Gasteiger partial charge in [0, 0.05) is 12.7 Å². The summed E-state index contributed by atoms with van der Waals surface area (Å²) in [4.78, 5) is 4.77. The molecule has 0 N–H and O–H groups in total. The molecule has 1 aliphatic rings. The molecule has 3 rings (SSSR count). The molecule has 0 radical (unpaired) electrons. The lowest BCUT2D eigenvalue weighted by Gasteiger charge is -2.39. The van der Waals surface area contributed by atoms with Crippen LogP contribution < -0.4 is 9.80 Å². The molecule has 98 valence electrons. The van der Waals surface area contributed by atoms with Crippen LogP contribution in [0.1, 0.15) is 19.4 Å². The highest BCUT2D eigenvalue weighted by atomic mass is 15.4. The maximum Gasteiger partial charge on any atom is 0.111 e. The Morgan fingerprint density at radius 1 is 0.789 bits per heavy atom. The lowest BCUT2D eigenvalue weighted by molar-refractivity contribution is 0.521. The van der Waals surface area contributed by atoms with E-state index in [4.69, 9.17) is 0 Å². The minimum atomic E-state index is -0.0597. The zero-order valence-electron chi connectivity index (χ0n) is 12.0. The summed E-state index contributed by atoms with van der Waals surface area (Å²) < 4.78 is 0. The molecule has 1 heterocycles. The predicted octanol–water partition coefficient (Wildman–Crippen LogP) is 4.32. The smallest absolute Gasteiger partial charge is 0.111 e. The van der Waals surface area contributed by atoms with E-state index in [-0.39, 0.29) is 5.66 Å². The number of nitrogens with zero attached hydrogens (tertiary/aromatic N) is 2. The molecule has 0 atom stereocenters. The molecule has 2 aromatic rings. The van der Waals surface area contributed by atoms with Crippen LogP contribution in [0.4, 0.5) is 17.1 Å². The molecule has 0 spiro atoms. The molecule has 2 nitrogen and oxygen atoms in total. The van der Waals surface area contributed by atoms with Gasteiger partial charge in [0.15, 0.2) is 0 Å². The molecule has 2 aromatic carbocycles. The van der Waals surface area contributed by atoms with Crippen molar-refractivity contribution in [2.24, 2.45) is 0 Å². The fourth-order valence-electron chi connectivity index (χ4n) is 2.92. The van der Waals surface area contributed by atoms with E-state index in [0.29, 0.717) is 0 Å². The molecule has 0 amide bonds. The van der Waals surface area contributed by atoms with Gasteiger partial charge >= 0.3 is 0 Å². The summed E-state index contributed by atoms with van der Waals surface area (Å²) >= 11 is 0. The summed E-state index contributed by atoms with van der Waals surface area (Å²) in [6.45, 7) is 6.70. The number of rotatable bonds is 1. The van der Waals surface area contributed by atoms with Gasteiger partial charge in [-0.3, -0.25) is 0 Å². The normalized spacial score (nSPS) is 16.6. The average Bonchev–Trinajstić information content (AvgIpc) is 2.59. The molecule has 0 unspecified atom stereocenters. The zero-order valence-corrected chi connectivity index (χ0v) is 12.0. The van der Waals surface area contributed by atoms with E-state index >= 15 is 0 Å². The summed E-state index contributed by atoms with van der Waals surface area (Å²) in [5.74, 6) is 0. The Kier molecular flexibility index (Phi) is 2.56. The minimum absolute atomic E-state index is 0.0597. The fraction of sp³-hybridized carbons (Fsp3) is 0.294. The maximum atomic E-state index is 2.43. The van der Waals surface area contributed by atoms with Crippen LogP contribution in [0.15, 0.2) is 48.5 Å². The van der Waals surface area contributed by atoms with Crippen molar-refractivity contribution in [2.75, 3.05) is 16.8 Å². The molecule has 0 fully saturated rings. The molecule has 0 bridgehead atoms. The lowest BCUT2D eigenvalue weighted by atomic mass is 10.1. The van der Waals surface area contributed by atoms with Gasteiger partial charge in [-0.25, -0.2) is 0 Å². The average molecular weight is 252 g/mol. The van der Waals surface area contributed by atoms with Crippen LogP contribution in [0.3, 0.4) is 0 Å². The second kappa shape index (κ2) is 4.02. The van der Waals surface area contributed by atoms with Gasteiger partial charge in [0.1, 0.15) is 5.66 Å². The maximum absolute atomic E-state index is 2.43. The SMILES string of the molecule is Cc1ccccc1N1c2ccccc2N(C)C1(C)C. The van der Waals surface area contributed by atoms with Gasteiger partial charge in [-0.05, 0) is 44.5 Å². The van der Waals surface area contributed by atoms with E-state index < -0.39 is 0 Å². The lowest BCUT2D eigenvalue weighted by Crippen LogP contribution is -2.48. The number of anilines is 3. The van der Waals surface area contributed by atoms with Gasteiger partial charge in [0.25, 0.3) is 0 Å². The predicted molar refractivity (Wildman–Crippen MR) is 82.2 cm³/mol. The van der Waals surface area contributed by atoms with Crippen molar-refractivity contribution < 1.29 is 0 Å². The molecule has 19 heavy (non-hydrogen) atoms. The summed E-state index contributed by atoms with van der Waals surface area (Å²) in [5.41, 5.74) is 5.10. The molecule has 2 heteroatoms. The molecule has 0 saturated heterocycles. The Labute approximate surface area is 115 Å². The third-order valence-electron chi connectivity index (χ3n) is 4.21. The van der Waals surface area contributed by atoms with E-state index in [1.807, 2.05) is 0 Å². The highest BCUT2D eigenvalue weighted by Crippen LogP contribution is 2.48. The number of hydrogen-bond donors (Lipinski definition) is 0. The third kappa shape index (κ3) is 1.63. The van der Waals surface area contributed by atoms with Crippen LogP contribution in [0.5, 0.6) is 0 Å². The van der Waals surface area contributed by atoms with E-state index in [9.17, 15) is 0 Å². The van der Waals surface area contributed by atoms with Gasteiger partial charge in [0.2, 0.25) is 0 Å². The molecule has 0 saturated carbocycles. The second-order valence-corrected chi connectivity index (χ2v) is 5.66. The molecule has 1 aliphatic heterocycles. The first-order chi connectivity index (χ1) is 9.03. The van der Waals surface area contributed by atoms with Crippen LogP contribution in [-0.2, 0) is 0 Å². The van der Waals surface area contributed by atoms with Crippen molar-refractivity contribution in [3.05, 3.63) is 54.1 Å². The van der Waals surface area contributed by atoms with Gasteiger partial charge in [-0.1, -0.05) is 30.3 Å². The Bertz CT molecular complexity index is 616. The number of benzene rings is 2. The Morgan fingerprint density at radius 3 is 1.95 bits per heavy atom. The largest absolute Gasteiger partial charge is 0.350 e. The highest BCUT2D eigenvalue weighted by molar-refractivity contribution is 5.85. The minimum Gasteiger partial charge on any atom is -0.350 e. The fourth-order valence-corrected chi connectivity index (χ4v) is 2.92. The first kappa shape index (κ1) is 12.1. The monoisotopic (exact) mass is 252 g/mol. The van der Waals surface area contributed by atoms with Crippen molar-refractivity contribution in [3.8, 4) is 0 Å². The Balaban J connectivity index is 2.23. The van der Waals surface area contributed by atoms with Crippen molar-refractivity contribution in [1.29, 1.82) is 0 Å².